The van der Waals surface area contributed by atoms with Gasteiger partial charge >= 0.3 is 0 Å². The van der Waals surface area contributed by atoms with Crippen molar-refractivity contribution in [1.82, 2.24) is 4.90 Å². The van der Waals surface area contributed by atoms with Crippen LogP contribution in [0.1, 0.15) is 25.8 Å². The standard InChI is InChI=1S/C13H13NO4.C2H6.CH4O/c15-7-10-4-13(16)14(6-10)5-9-1-2-11-12(3-9)18-8-17-11;2*1-2/h1-3,7,10H,4-6,8H2;1-2H3;2H,1H3. The molecule has 1 aromatic carbocycles. The van der Waals surface area contributed by atoms with Crippen LogP contribution in [0.3, 0.4) is 0 Å². The molecule has 2 aliphatic heterocycles. The molecule has 0 aliphatic carbocycles. The first kappa shape index (κ1) is 18.0. The Morgan fingerprint density at radius 3 is 2.59 bits per heavy atom. The largest absolute Gasteiger partial charge is 0.454 e. The summed E-state index contributed by atoms with van der Waals surface area (Å²) in [6.45, 7) is 5.27. The number of amides is 1. The van der Waals surface area contributed by atoms with E-state index in [2.05, 4.69) is 0 Å². The Balaban J connectivity index is 0.000000561. The number of carbonyl (C=O) groups is 2. The first-order valence-electron chi connectivity index (χ1n) is 7.32. The lowest BCUT2D eigenvalue weighted by atomic mass is 10.1. The van der Waals surface area contributed by atoms with Gasteiger partial charge in [0, 0.05) is 32.5 Å². The van der Waals surface area contributed by atoms with Crippen LogP contribution in [0.15, 0.2) is 18.2 Å². The Labute approximate surface area is 130 Å². The molecule has 1 N–H and O–H groups in total. The molecular formula is C16H23NO5. The highest BCUT2D eigenvalue weighted by Gasteiger charge is 2.29. The van der Waals surface area contributed by atoms with Gasteiger partial charge in [-0.3, -0.25) is 4.79 Å². The van der Waals surface area contributed by atoms with Gasteiger partial charge in [-0.1, -0.05) is 19.9 Å². The van der Waals surface area contributed by atoms with E-state index >= 15 is 0 Å². The molecule has 2 heterocycles. The fourth-order valence-corrected chi connectivity index (χ4v) is 2.31. The Morgan fingerprint density at radius 1 is 1.27 bits per heavy atom. The van der Waals surface area contributed by atoms with Crippen LogP contribution in [0.25, 0.3) is 0 Å². The second kappa shape index (κ2) is 9.04. The second-order valence-electron chi connectivity index (χ2n) is 4.56. The molecule has 2 aliphatic rings. The summed E-state index contributed by atoms with van der Waals surface area (Å²) in [6.07, 6.45) is 1.19. The predicted octanol–water partition coefficient (Wildman–Crippen LogP) is 1.60. The Morgan fingerprint density at radius 2 is 1.95 bits per heavy atom. The first-order valence-corrected chi connectivity index (χ1v) is 7.32. The lowest BCUT2D eigenvalue weighted by molar-refractivity contribution is -0.128. The van der Waals surface area contributed by atoms with Crippen molar-refractivity contribution in [2.75, 3.05) is 20.4 Å². The Hall–Kier alpha value is -2.08. The highest BCUT2D eigenvalue weighted by Crippen LogP contribution is 2.33. The van der Waals surface area contributed by atoms with Crippen molar-refractivity contribution >= 4 is 12.2 Å². The zero-order valence-corrected chi connectivity index (χ0v) is 13.2. The van der Waals surface area contributed by atoms with E-state index in [1.165, 1.54) is 0 Å². The molecule has 6 nitrogen and oxygen atoms in total. The number of aliphatic hydroxyl groups excluding tert-OH is 1. The van der Waals surface area contributed by atoms with Gasteiger partial charge in [0.2, 0.25) is 12.7 Å². The zero-order chi connectivity index (χ0) is 16.5. The minimum absolute atomic E-state index is 0.0322. The van der Waals surface area contributed by atoms with Gasteiger partial charge in [-0.05, 0) is 17.7 Å². The molecule has 0 spiro atoms. The number of aliphatic hydroxyl groups is 1. The molecule has 0 aromatic heterocycles. The van der Waals surface area contributed by atoms with Gasteiger partial charge < -0.3 is 24.3 Å². The maximum absolute atomic E-state index is 11.7. The average molecular weight is 309 g/mol. The molecule has 1 saturated heterocycles. The van der Waals surface area contributed by atoms with Crippen LogP contribution in [0, 0.1) is 5.92 Å². The normalized spacial score (nSPS) is 18.1. The van der Waals surface area contributed by atoms with Crippen LogP contribution in [-0.4, -0.2) is 42.6 Å². The van der Waals surface area contributed by atoms with Gasteiger partial charge in [0.1, 0.15) is 6.29 Å². The summed E-state index contributed by atoms with van der Waals surface area (Å²) in [5.74, 6) is 1.32. The van der Waals surface area contributed by atoms with Gasteiger partial charge in [-0.15, -0.1) is 0 Å². The van der Waals surface area contributed by atoms with Gasteiger partial charge in [-0.2, -0.15) is 0 Å². The summed E-state index contributed by atoms with van der Waals surface area (Å²) in [6, 6.07) is 5.63. The number of benzene rings is 1. The predicted molar refractivity (Wildman–Crippen MR) is 81.6 cm³/mol. The van der Waals surface area contributed by atoms with Crippen LogP contribution in [0.5, 0.6) is 11.5 Å². The van der Waals surface area contributed by atoms with E-state index in [9.17, 15) is 9.59 Å². The van der Waals surface area contributed by atoms with Gasteiger partial charge in [0.05, 0.1) is 0 Å². The monoisotopic (exact) mass is 309 g/mol. The van der Waals surface area contributed by atoms with E-state index in [0.717, 1.165) is 24.7 Å². The first-order chi connectivity index (χ1) is 10.8. The molecule has 0 bridgehead atoms. The summed E-state index contributed by atoms with van der Waals surface area (Å²) >= 11 is 0. The van der Waals surface area contributed by atoms with Crippen molar-refractivity contribution < 1.29 is 24.2 Å². The molecule has 1 unspecified atom stereocenters. The molecule has 0 radical (unpaired) electrons. The van der Waals surface area contributed by atoms with Crippen LogP contribution in [0.4, 0.5) is 0 Å². The number of hydrogen-bond acceptors (Lipinski definition) is 5. The summed E-state index contributed by atoms with van der Waals surface area (Å²) in [7, 11) is 1.00. The second-order valence-corrected chi connectivity index (χ2v) is 4.56. The van der Waals surface area contributed by atoms with E-state index in [-0.39, 0.29) is 18.6 Å². The van der Waals surface area contributed by atoms with Crippen LogP contribution in [0.2, 0.25) is 0 Å². The summed E-state index contributed by atoms with van der Waals surface area (Å²) < 4.78 is 10.5. The van der Waals surface area contributed by atoms with Crippen LogP contribution < -0.4 is 9.47 Å². The van der Waals surface area contributed by atoms with Crippen molar-refractivity contribution in [1.29, 1.82) is 0 Å². The van der Waals surface area contributed by atoms with E-state index < -0.39 is 0 Å². The number of carbonyl (C=O) groups excluding carboxylic acids is 2. The summed E-state index contributed by atoms with van der Waals surface area (Å²) in [5, 5.41) is 7.00. The van der Waals surface area contributed by atoms with E-state index in [4.69, 9.17) is 14.6 Å². The van der Waals surface area contributed by atoms with Crippen molar-refractivity contribution in [3.8, 4) is 11.5 Å². The third-order valence-electron chi connectivity index (χ3n) is 3.25. The lowest BCUT2D eigenvalue weighted by Crippen LogP contribution is -2.24. The number of aldehydes is 1. The number of fused-ring (bicyclic) bond motifs is 1. The Kier molecular flexibility index (Phi) is 7.39. The van der Waals surface area contributed by atoms with Crippen LogP contribution >= 0.6 is 0 Å². The van der Waals surface area contributed by atoms with Crippen LogP contribution in [-0.2, 0) is 16.1 Å². The van der Waals surface area contributed by atoms with Crippen molar-refractivity contribution in [2.24, 2.45) is 5.92 Å². The van der Waals surface area contributed by atoms with E-state index in [0.29, 0.717) is 25.3 Å². The third-order valence-corrected chi connectivity index (χ3v) is 3.25. The molecule has 3 rings (SSSR count). The van der Waals surface area contributed by atoms with Crippen molar-refractivity contribution in [3.63, 3.8) is 0 Å². The number of hydrogen-bond donors (Lipinski definition) is 1. The SMILES string of the molecule is CC.CO.O=CC1CC(=O)N(Cc2ccc3c(c2)OCO3)C1. The van der Waals surface area contributed by atoms with Crippen molar-refractivity contribution in [3.05, 3.63) is 23.8 Å². The zero-order valence-electron chi connectivity index (χ0n) is 13.2. The van der Waals surface area contributed by atoms with Gasteiger partial charge in [0.25, 0.3) is 0 Å². The number of ether oxygens (including phenoxy) is 2. The molecule has 1 atom stereocenters. The van der Waals surface area contributed by atoms with E-state index in [1.54, 1.807) is 4.90 Å². The average Bonchev–Trinajstić information content (AvgIpc) is 3.18. The highest BCUT2D eigenvalue weighted by molar-refractivity contribution is 5.82. The molecule has 1 fully saturated rings. The fourth-order valence-electron chi connectivity index (χ4n) is 2.31. The molecule has 22 heavy (non-hydrogen) atoms. The highest BCUT2D eigenvalue weighted by atomic mass is 16.7. The quantitative estimate of drug-likeness (QED) is 0.858. The maximum Gasteiger partial charge on any atom is 0.231 e. The third kappa shape index (κ3) is 4.21. The lowest BCUT2D eigenvalue weighted by Gasteiger charge is -2.16. The van der Waals surface area contributed by atoms with Crippen molar-refractivity contribution in [2.45, 2.75) is 26.8 Å². The molecular weight excluding hydrogens is 286 g/mol. The summed E-state index contributed by atoms with van der Waals surface area (Å²) in [4.78, 5) is 24.1. The van der Waals surface area contributed by atoms with Gasteiger partial charge in [0.15, 0.2) is 11.5 Å². The molecule has 122 valence electrons. The van der Waals surface area contributed by atoms with E-state index in [1.807, 2.05) is 32.0 Å². The smallest absolute Gasteiger partial charge is 0.231 e. The summed E-state index contributed by atoms with van der Waals surface area (Å²) in [5.41, 5.74) is 0.985. The number of nitrogens with zero attached hydrogens (tertiary/aromatic N) is 1. The minimum atomic E-state index is -0.161. The molecule has 0 saturated carbocycles. The number of rotatable bonds is 3. The van der Waals surface area contributed by atoms with Gasteiger partial charge in [-0.25, -0.2) is 0 Å². The topological polar surface area (TPSA) is 76.1 Å². The molecule has 1 amide bonds. The molecule has 6 heteroatoms. The fraction of sp³-hybridized carbons (Fsp3) is 0.500. The minimum Gasteiger partial charge on any atom is -0.454 e. The molecule has 1 aromatic rings. The Bertz CT molecular complexity index is 503. The number of likely N-dealkylation sites (tertiary alicyclic amines) is 1. The maximum atomic E-state index is 11.7.